The smallest absolute Gasteiger partial charge is 0.253 e. The molecule has 1 saturated heterocycles. The van der Waals surface area contributed by atoms with Gasteiger partial charge in [-0.05, 0) is 56.4 Å². The third-order valence-electron chi connectivity index (χ3n) is 9.78. The zero-order valence-electron chi connectivity index (χ0n) is 32.1. The first-order valence-corrected chi connectivity index (χ1v) is 21.3. The number of hydrogen-bond acceptors (Lipinski definition) is 11. The van der Waals surface area contributed by atoms with E-state index in [-0.39, 0.29) is 47.3 Å². The molecule has 13 nitrogen and oxygen atoms in total. The minimum atomic E-state index is -0.377. The molecule has 0 aliphatic carbocycles. The maximum absolute atomic E-state index is 13.1. The Morgan fingerprint density at radius 2 is 1.72 bits per heavy atom. The van der Waals surface area contributed by atoms with Crippen molar-refractivity contribution in [2.75, 3.05) is 62.6 Å². The van der Waals surface area contributed by atoms with Gasteiger partial charge < -0.3 is 25.8 Å². The number of nitrogen functional groups attached to an aromatic ring is 1. The number of rotatable bonds is 20. The number of fused-ring (bicyclic) bond motifs is 1. The second-order valence-corrected chi connectivity index (χ2v) is 17.7. The Labute approximate surface area is 326 Å². The van der Waals surface area contributed by atoms with E-state index >= 15 is 0 Å². The maximum atomic E-state index is 13.1. The first-order chi connectivity index (χ1) is 25.9. The molecule has 15 heteroatoms. The molecule has 5 rings (SSSR count). The molecule has 292 valence electrons. The van der Waals surface area contributed by atoms with Gasteiger partial charge in [-0.25, -0.2) is 4.98 Å². The number of carbonyl (C=O) groups is 4. The lowest BCUT2D eigenvalue weighted by Crippen LogP contribution is -2.48. The highest BCUT2D eigenvalue weighted by Gasteiger charge is 2.26. The number of amides is 4. The average molecular weight is 778 g/mol. The summed E-state index contributed by atoms with van der Waals surface area (Å²) in [5.74, 6) is 1.04. The summed E-state index contributed by atoms with van der Waals surface area (Å²) in [6.45, 7) is 14.8. The molecule has 2 aromatic heterocycles. The van der Waals surface area contributed by atoms with E-state index in [9.17, 15) is 19.2 Å². The van der Waals surface area contributed by atoms with Crippen LogP contribution in [0.1, 0.15) is 76.0 Å². The van der Waals surface area contributed by atoms with E-state index in [4.69, 9.17) is 5.73 Å². The minimum absolute atomic E-state index is 0.0859. The molecule has 0 unspecified atom stereocenters. The van der Waals surface area contributed by atoms with Gasteiger partial charge in [0.2, 0.25) is 17.8 Å². The number of carbonyl (C=O) groups excluding carboxylic acids is 4. The highest BCUT2D eigenvalue weighted by atomic mass is 33.1. The van der Waals surface area contributed by atoms with Crippen molar-refractivity contribution in [3.63, 3.8) is 0 Å². The van der Waals surface area contributed by atoms with E-state index in [1.54, 1.807) is 21.6 Å². The van der Waals surface area contributed by atoms with Crippen LogP contribution in [0.25, 0.3) is 11.0 Å². The van der Waals surface area contributed by atoms with Crippen molar-refractivity contribution in [3.8, 4) is 0 Å². The molecule has 1 fully saturated rings. The lowest BCUT2D eigenvalue weighted by atomic mass is 10.0. The Hall–Kier alpha value is -4.08. The van der Waals surface area contributed by atoms with Crippen LogP contribution in [0.15, 0.2) is 42.6 Å². The molecule has 2 aliphatic rings. The van der Waals surface area contributed by atoms with Crippen LogP contribution >= 0.6 is 21.6 Å². The summed E-state index contributed by atoms with van der Waals surface area (Å²) in [7, 11) is 3.40. The van der Waals surface area contributed by atoms with E-state index in [1.165, 1.54) is 35.3 Å². The van der Waals surface area contributed by atoms with Gasteiger partial charge in [0, 0.05) is 101 Å². The SMILES string of the molecule is CCCCCNc1nc(N)nc2ccn(Cc3ccc(CN4CCN(C(=O)CCC(C)(C)SSCCNC(=O)CCN5C(=O)C=CC5=O)CC4)cc3C)c12. The summed E-state index contributed by atoms with van der Waals surface area (Å²) >= 11 is 0. The predicted octanol–water partition coefficient (Wildman–Crippen LogP) is 4.99. The standard InChI is InChI=1S/C39H55N9O4S2/c1-5-6-7-16-42-37-36-31(43-38(40)44-37)13-18-47(36)27-30-9-8-29(25-28(30)2)26-45-20-22-46(23-21-45)33(50)12-15-39(3,4)54-53-24-17-41-32(49)14-19-48-34(51)10-11-35(48)52/h8-11,13,18,25H,5-7,12,14-17,19-24,26-27H2,1-4H3,(H,41,49)(H3,40,42,43,44). The second-order valence-electron chi connectivity index (χ2n) is 14.6. The summed E-state index contributed by atoms with van der Waals surface area (Å²) in [5, 5.41) is 6.33. The van der Waals surface area contributed by atoms with Crippen LogP contribution in [-0.2, 0) is 32.3 Å². The first kappa shape index (κ1) is 41.1. The van der Waals surface area contributed by atoms with Gasteiger partial charge in [0.05, 0.1) is 5.52 Å². The fourth-order valence-corrected chi connectivity index (χ4v) is 9.07. The van der Waals surface area contributed by atoms with Gasteiger partial charge in [-0.3, -0.25) is 29.0 Å². The fraction of sp³-hybridized carbons (Fsp3) is 0.538. The quantitative estimate of drug-likeness (QED) is 0.0807. The number of imide groups is 1. The number of benzene rings is 1. The van der Waals surface area contributed by atoms with Gasteiger partial charge in [-0.15, -0.1) is 0 Å². The third-order valence-corrected chi connectivity index (χ3v) is 13.1. The van der Waals surface area contributed by atoms with Crippen LogP contribution in [0.5, 0.6) is 0 Å². The average Bonchev–Trinajstić information content (AvgIpc) is 3.70. The lowest BCUT2D eigenvalue weighted by molar-refractivity contribution is -0.137. The van der Waals surface area contributed by atoms with E-state index < -0.39 is 0 Å². The Morgan fingerprint density at radius 3 is 2.44 bits per heavy atom. The lowest BCUT2D eigenvalue weighted by Gasteiger charge is -2.35. The number of aryl methyl sites for hydroxylation is 1. The van der Waals surface area contributed by atoms with E-state index in [2.05, 4.69) is 82.2 Å². The van der Waals surface area contributed by atoms with Crippen LogP contribution in [0.3, 0.4) is 0 Å². The first-order valence-electron chi connectivity index (χ1n) is 19.0. The number of unbranched alkanes of at least 4 members (excludes halogenated alkanes) is 2. The molecule has 0 atom stereocenters. The van der Waals surface area contributed by atoms with Crippen molar-refractivity contribution in [3.05, 3.63) is 59.3 Å². The molecule has 3 aromatic rings. The third kappa shape index (κ3) is 11.7. The fourth-order valence-electron chi connectivity index (χ4n) is 6.59. The number of hydrogen-bond donors (Lipinski definition) is 3. The molecular formula is C39H55N9O4S2. The number of nitrogens with one attached hydrogen (secondary N) is 2. The zero-order valence-corrected chi connectivity index (χ0v) is 33.7. The number of anilines is 2. The van der Waals surface area contributed by atoms with Gasteiger partial charge >= 0.3 is 0 Å². The van der Waals surface area contributed by atoms with Crippen LogP contribution < -0.4 is 16.4 Å². The Bertz CT molecular complexity index is 1800. The minimum Gasteiger partial charge on any atom is -0.368 e. The maximum Gasteiger partial charge on any atom is 0.253 e. The Kier molecular flexibility index (Phi) is 14.8. The van der Waals surface area contributed by atoms with Crippen molar-refractivity contribution in [2.45, 2.75) is 84.1 Å². The molecule has 4 amide bonds. The molecule has 54 heavy (non-hydrogen) atoms. The van der Waals surface area contributed by atoms with E-state index in [0.29, 0.717) is 25.3 Å². The van der Waals surface area contributed by atoms with Gasteiger partial charge in [-0.2, -0.15) is 4.98 Å². The number of piperazine rings is 1. The summed E-state index contributed by atoms with van der Waals surface area (Å²) in [6.07, 6.45) is 9.27. The monoisotopic (exact) mass is 777 g/mol. The van der Waals surface area contributed by atoms with Crippen LogP contribution in [0.2, 0.25) is 0 Å². The molecule has 1 aromatic carbocycles. The van der Waals surface area contributed by atoms with Crippen LogP contribution in [0, 0.1) is 6.92 Å². The van der Waals surface area contributed by atoms with Gasteiger partial charge in [-0.1, -0.05) is 59.6 Å². The molecule has 4 N–H and O–H groups in total. The molecule has 4 heterocycles. The summed E-state index contributed by atoms with van der Waals surface area (Å²) in [5.41, 5.74) is 11.6. The van der Waals surface area contributed by atoms with Crippen molar-refractivity contribution < 1.29 is 19.2 Å². The summed E-state index contributed by atoms with van der Waals surface area (Å²) in [4.78, 5) is 63.0. The van der Waals surface area contributed by atoms with E-state index in [0.717, 1.165) is 80.3 Å². The molecule has 0 bridgehead atoms. The van der Waals surface area contributed by atoms with Gasteiger partial charge in [0.25, 0.3) is 11.8 Å². The number of nitrogens with two attached hydrogens (primary N) is 1. The zero-order chi connectivity index (χ0) is 38.7. The van der Waals surface area contributed by atoms with Crippen LogP contribution in [0.4, 0.5) is 11.8 Å². The molecule has 2 aliphatic heterocycles. The predicted molar refractivity (Wildman–Crippen MR) is 219 cm³/mol. The highest BCUT2D eigenvalue weighted by Crippen LogP contribution is 2.38. The topological polar surface area (TPSA) is 159 Å². The Morgan fingerprint density at radius 1 is 0.963 bits per heavy atom. The van der Waals surface area contributed by atoms with Crippen LogP contribution in [-0.4, -0.2) is 109 Å². The van der Waals surface area contributed by atoms with E-state index in [1.807, 2.05) is 11.0 Å². The number of nitrogens with zero attached hydrogens (tertiary/aromatic N) is 6. The van der Waals surface area contributed by atoms with Crippen molar-refractivity contribution >= 4 is 68.0 Å². The summed E-state index contributed by atoms with van der Waals surface area (Å²) in [6, 6.07) is 8.72. The molecule has 0 spiro atoms. The highest BCUT2D eigenvalue weighted by molar-refractivity contribution is 8.77. The summed E-state index contributed by atoms with van der Waals surface area (Å²) < 4.78 is 2.10. The van der Waals surface area contributed by atoms with Gasteiger partial charge in [0.1, 0.15) is 5.52 Å². The Balaban J connectivity index is 0.997. The van der Waals surface area contributed by atoms with Crippen molar-refractivity contribution in [2.24, 2.45) is 0 Å². The van der Waals surface area contributed by atoms with Gasteiger partial charge in [0.15, 0.2) is 5.82 Å². The second kappa shape index (κ2) is 19.5. The largest absolute Gasteiger partial charge is 0.368 e. The normalized spacial score (nSPS) is 15.1. The van der Waals surface area contributed by atoms with Crippen molar-refractivity contribution in [1.82, 2.24) is 34.6 Å². The molecule has 0 saturated carbocycles. The molecular weight excluding hydrogens is 723 g/mol. The molecule has 0 radical (unpaired) electrons. The van der Waals surface area contributed by atoms with Crippen molar-refractivity contribution in [1.29, 1.82) is 0 Å². The number of aromatic nitrogens is 3.